The van der Waals surface area contributed by atoms with Crippen LogP contribution in [-0.4, -0.2) is 6.21 Å². The van der Waals surface area contributed by atoms with Crippen molar-refractivity contribution in [2.45, 2.75) is 0 Å². The number of hydrogen-bond donors (Lipinski definition) is 1. The van der Waals surface area contributed by atoms with Crippen LogP contribution in [0.5, 0.6) is 0 Å². The third-order valence-corrected chi connectivity index (χ3v) is 1.84. The minimum atomic E-state index is 0.464. The van der Waals surface area contributed by atoms with E-state index in [1.807, 2.05) is 24.3 Å². The van der Waals surface area contributed by atoms with Gasteiger partial charge in [-0.15, -0.1) is 0 Å². The molecule has 3 heteroatoms. The summed E-state index contributed by atoms with van der Waals surface area (Å²) in [5.74, 6) is 0. The summed E-state index contributed by atoms with van der Waals surface area (Å²) in [6.07, 6.45) is 3.41. The molecule has 0 saturated heterocycles. The molecular formula is C9H7ClN2. The zero-order valence-electron chi connectivity index (χ0n) is 6.29. The van der Waals surface area contributed by atoms with Crippen LogP contribution in [-0.2, 0) is 0 Å². The second kappa shape index (κ2) is 2.99. The van der Waals surface area contributed by atoms with Crippen LogP contribution in [0.4, 0.5) is 5.69 Å². The molecule has 0 amide bonds. The topological polar surface area (TPSA) is 24.4 Å². The second-order valence-corrected chi connectivity index (χ2v) is 2.84. The first-order valence-corrected chi connectivity index (χ1v) is 3.99. The van der Waals surface area contributed by atoms with Crippen LogP contribution in [0.3, 0.4) is 0 Å². The Bertz CT molecular complexity index is 355. The standard InChI is InChI=1S/C9H7ClN2/c10-9-6-11-8-4-2-1-3-7(8)5-12-9/h1-6,11H. The highest BCUT2D eigenvalue weighted by Gasteiger charge is 2.00. The molecule has 2 rings (SSSR count). The van der Waals surface area contributed by atoms with E-state index >= 15 is 0 Å². The van der Waals surface area contributed by atoms with Crippen LogP contribution in [0.25, 0.3) is 0 Å². The molecule has 1 heterocycles. The molecule has 1 aliphatic rings. The monoisotopic (exact) mass is 178 g/mol. The number of anilines is 1. The molecule has 1 aliphatic heterocycles. The van der Waals surface area contributed by atoms with Crippen LogP contribution >= 0.6 is 11.6 Å². The number of nitrogens with one attached hydrogen (secondary N) is 1. The number of nitrogens with zero attached hydrogens (tertiary/aromatic N) is 1. The van der Waals surface area contributed by atoms with Crippen molar-refractivity contribution in [1.29, 1.82) is 0 Å². The van der Waals surface area contributed by atoms with Crippen LogP contribution < -0.4 is 5.32 Å². The number of rotatable bonds is 0. The van der Waals surface area contributed by atoms with E-state index in [0.29, 0.717) is 5.16 Å². The fourth-order valence-corrected chi connectivity index (χ4v) is 1.15. The highest BCUT2D eigenvalue weighted by atomic mass is 35.5. The Labute approximate surface area is 75.6 Å². The molecule has 0 aromatic heterocycles. The van der Waals surface area contributed by atoms with Gasteiger partial charge in [0.1, 0.15) is 5.16 Å². The lowest BCUT2D eigenvalue weighted by Crippen LogP contribution is -1.90. The molecule has 0 atom stereocenters. The summed E-state index contributed by atoms with van der Waals surface area (Å²) >= 11 is 5.71. The fourth-order valence-electron chi connectivity index (χ4n) is 1.05. The first kappa shape index (κ1) is 7.37. The molecule has 0 spiro atoms. The number of aliphatic imine (C=N–C) groups is 1. The summed E-state index contributed by atoms with van der Waals surface area (Å²) in [6, 6.07) is 7.89. The first-order chi connectivity index (χ1) is 5.86. The van der Waals surface area contributed by atoms with Gasteiger partial charge in [0.15, 0.2) is 0 Å². The molecule has 0 radical (unpaired) electrons. The van der Waals surface area contributed by atoms with E-state index in [1.54, 1.807) is 12.4 Å². The molecule has 0 saturated carbocycles. The fraction of sp³-hybridized carbons (Fsp3) is 0. The number of halogens is 1. The quantitative estimate of drug-likeness (QED) is 0.607. The van der Waals surface area contributed by atoms with Crippen LogP contribution in [0.15, 0.2) is 40.6 Å². The highest BCUT2D eigenvalue weighted by molar-refractivity contribution is 6.30. The molecule has 1 aromatic carbocycles. The summed E-state index contributed by atoms with van der Waals surface area (Å²) in [5.41, 5.74) is 2.07. The number of fused-ring (bicyclic) bond motifs is 1. The molecule has 0 fully saturated rings. The number of para-hydroxylation sites is 1. The second-order valence-electron chi connectivity index (χ2n) is 2.46. The van der Waals surface area contributed by atoms with E-state index in [-0.39, 0.29) is 0 Å². The maximum atomic E-state index is 5.71. The molecule has 12 heavy (non-hydrogen) atoms. The Morgan fingerprint density at radius 2 is 2.08 bits per heavy atom. The Kier molecular flexibility index (Phi) is 1.84. The molecule has 1 aromatic rings. The number of benzene rings is 1. The predicted molar refractivity (Wildman–Crippen MR) is 51.6 cm³/mol. The predicted octanol–water partition coefficient (Wildman–Crippen LogP) is 2.57. The maximum Gasteiger partial charge on any atom is 0.144 e. The van der Waals surface area contributed by atoms with Crippen molar-refractivity contribution >= 4 is 23.5 Å². The first-order valence-electron chi connectivity index (χ1n) is 3.61. The van der Waals surface area contributed by atoms with Gasteiger partial charge in [0.25, 0.3) is 0 Å². The van der Waals surface area contributed by atoms with Crippen LogP contribution in [0.1, 0.15) is 5.56 Å². The molecular weight excluding hydrogens is 172 g/mol. The molecule has 1 N–H and O–H groups in total. The Morgan fingerprint density at radius 3 is 3.00 bits per heavy atom. The van der Waals surface area contributed by atoms with Gasteiger partial charge in [-0.3, -0.25) is 0 Å². The van der Waals surface area contributed by atoms with Gasteiger partial charge in [0, 0.05) is 23.7 Å². The van der Waals surface area contributed by atoms with Gasteiger partial charge in [-0.05, 0) is 6.07 Å². The van der Waals surface area contributed by atoms with Gasteiger partial charge in [-0.25, -0.2) is 4.99 Å². The van der Waals surface area contributed by atoms with Crippen molar-refractivity contribution in [3.05, 3.63) is 41.2 Å². The van der Waals surface area contributed by atoms with E-state index in [1.165, 1.54) is 0 Å². The zero-order chi connectivity index (χ0) is 8.39. The van der Waals surface area contributed by atoms with E-state index in [0.717, 1.165) is 11.3 Å². The average Bonchev–Trinajstić information content (AvgIpc) is 2.29. The van der Waals surface area contributed by atoms with Gasteiger partial charge in [-0.1, -0.05) is 29.8 Å². The van der Waals surface area contributed by atoms with Gasteiger partial charge in [0.2, 0.25) is 0 Å². The molecule has 60 valence electrons. The van der Waals surface area contributed by atoms with E-state index in [4.69, 9.17) is 11.6 Å². The summed E-state index contributed by atoms with van der Waals surface area (Å²) in [4.78, 5) is 4.00. The lowest BCUT2D eigenvalue weighted by atomic mass is 10.2. The largest absolute Gasteiger partial charge is 0.358 e. The van der Waals surface area contributed by atoms with Crippen molar-refractivity contribution in [3.63, 3.8) is 0 Å². The van der Waals surface area contributed by atoms with E-state index in [2.05, 4.69) is 10.3 Å². The summed E-state index contributed by atoms with van der Waals surface area (Å²) < 4.78 is 0. The minimum Gasteiger partial charge on any atom is -0.358 e. The highest BCUT2D eigenvalue weighted by Crippen LogP contribution is 2.17. The Hall–Kier alpha value is -1.28. The van der Waals surface area contributed by atoms with Crippen molar-refractivity contribution in [2.24, 2.45) is 4.99 Å². The van der Waals surface area contributed by atoms with Gasteiger partial charge >= 0.3 is 0 Å². The van der Waals surface area contributed by atoms with Crippen molar-refractivity contribution in [1.82, 2.24) is 0 Å². The molecule has 0 unspecified atom stereocenters. The molecule has 0 aliphatic carbocycles. The smallest absolute Gasteiger partial charge is 0.144 e. The van der Waals surface area contributed by atoms with Crippen LogP contribution in [0, 0.1) is 0 Å². The number of hydrogen-bond acceptors (Lipinski definition) is 2. The van der Waals surface area contributed by atoms with Crippen molar-refractivity contribution in [3.8, 4) is 0 Å². The maximum absolute atomic E-state index is 5.71. The molecule has 0 bridgehead atoms. The summed E-state index contributed by atoms with van der Waals surface area (Å²) in [7, 11) is 0. The normalized spacial score (nSPS) is 14.2. The van der Waals surface area contributed by atoms with Gasteiger partial charge in [-0.2, -0.15) is 0 Å². The van der Waals surface area contributed by atoms with Gasteiger partial charge < -0.3 is 5.32 Å². The lowest BCUT2D eigenvalue weighted by molar-refractivity contribution is 1.51. The summed E-state index contributed by atoms with van der Waals surface area (Å²) in [5, 5.41) is 3.52. The Morgan fingerprint density at radius 1 is 1.25 bits per heavy atom. The zero-order valence-corrected chi connectivity index (χ0v) is 7.05. The van der Waals surface area contributed by atoms with E-state index in [9.17, 15) is 0 Å². The average molecular weight is 179 g/mol. The van der Waals surface area contributed by atoms with Crippen molar-refractivity contribution in [2.75, 3.05) is 5.32 Å². The molecule has 2 nitrogen and oxygen atoms in total. The van der Waals surface area contributed by atoms with Crippen LogP contribution in [0.2, 0.25) is 0 Å². The summed E-state index contributed by atoms with van der Waals surface area (Å²) in [6.45, 7) is 0. The van der Waals surface area contributed by atoms with E-state index < -0.39 is 0 Å². The van der Waals surface area contributed by atoms with Crippen molar-refractivity contribution < 1.29 is 0 Å². The minimum absolute atomic E-state index is 0.464. The third kappa shape index (κ3) is 1.34. The van der Waals surface area contributed by atoms with Gasteiger partial charge in [0.05, 0.1) is 0 Å². The Balaban J connectivity index is 2.48. The lowest BCUT2D eigenvalue weighted by Gasteiger charge is -2.01. The SMILES string of the molecule is ClC1=CNc2ccccc2C=N1. The third-order valence-electron chi connectivity index (χ3n) is 1.63.